The summed E-state index contributed by atoms with van der Waals surface area (Å²) >= 11 is 0. The van der Waals surface area contributed by atoms with Crippen molar-refractivity contribution in [3.05, 3.63) is 29.8 Å². The van der Waals surface area contributed by atoms with E-state index in [1.54, 1.807) is 0 Å². The van der Waals surface area contributed by atoms with Gasteiger partial charge in [0.15, 0.2) is 0 Å². The van der Waals surface area contributed by atoms with Gasteiger partial charge in [0.25, 0.3) is 0 Å². The highest BCUT2D eigenvalue weighted by molar-refractivity contribution is 5.93. The maximum atomic E-state index is 12.6. The maximum absolute atomic E-state index is 12.6. The Morgan fingerprint density at radius 1 is 1.11 bits per heavy atom. The number of likely N-dealkylation sites (tertiary alicyclic amines) is 1. The summed E-state index contributed by atoms with van der Waals surface area (Å²) in [7, 11) is 0. The first-order chi connectivity index (χ1) is 13.5. The summed E-state index contributed by atoms with van der Waals surface area (Å²) in [4.78, 5) is 40.5. The Balaban J connectivity index is 1.90. The van der Waals surface area contributed by atoms with Crippen LogP contribution < -0.4 is 5.32 Å². The van der Waals surface area contributed by atoms with Crippen molar-refractivity contribution in [3.63, 3.8) is 0 Å². The zero-order valence-electron chi connectivity index (χ0n) is 17.4. The Morgan fingerprint density at radius 3 is 2.39 bits per heavy atom. The highest BCUT2D eigenvalue weighted by Gasteiger charge is 2.28. The molecule has 3 amide bonds. The van der Waals surface area contributed by atoms with Crippen LogP contribution in [-0.4, -0.2) is 53.7 Å². The van der Waals surface area contributed by atoms with Crippen LogP contribution >= 0.6 is 0 Å². The Labute approximate surface area is 168 Å². The summed E-state index contributed by atoms with van der Waals surface area (Å²) in [6.45, 7) is 8.61. The van der Waals surface area contributed by atoms with Crippen molar-refractivity contribution in [3.8, 4) is 0 Å². The summed E-state index contributed by atoms with van der Waals surface area (Å²) in [5.74, 6) is 0.0440. The maximum Gasteiger partial charge on any atom is 0.229 e. The fraction of sp³-hybridized carbons (Fsp3) is 0.591. The fourth-order valence-corrected chi connectivity index (χ4v) is 3.60. The van der Waals surface area contributed by atoms with Gasteiger partial charge in [0.1, 0.15) is 0 Å². The molecule has 6 heteroatoms. The van der Waals surface area contributed by atoms with Crippen LogP contribution in [0.15, 0.2) is 24.3 Å². The number of rotatable bonds is 8. The number of benzene rings is 1. The van der Waals surface area contributed by atoms with Crippen LogP contribution in [-0.2, 0) is 20.8 Å². The Kier molecular flexibility index (Phi) is 8.48. The van der Waals surface area contributed by atoms with E-state index < -0.39 is 0 Å². The highest BCUT2D eigenvalue weighted by atomic mass is 16.2. The lowest BCUT2D eigenvalue weighted by Gasteiger charge is -2.32. The number of anilines is 1. The first-order valence-corrected chi connectivity index (χ1v) is 10.4. The van der Waals surface area contributed by atoms with Gasteiger partial charge >= 0.3 is 0 Å². The van der Waals surface area contributed by atoms with Crippen LogP contribution in [0.1, 0.15) is 52.0 Å². The third kappa shape index (κ3) is 6.08. The molecule has 2 rings (SSSR count). The predicted octanol–water partition coefficient (Wildman–Crippen LogP) is 3.07. The van der Waals surface area contributed by atoms with E-state index in [4.69, 9.17) is 0 Å². The average molecular weight is 388 g/mol. The molecule has 1 fully saturated rings. The summed E-state index contributed by atoms with van der Waals surface area (Å²) in [5.41, 5.74) is 1.66. The zero-order chi connectivity index (χ0) is 20.5. The number of piperidine rings is 1. The van der Waals surface area contributed by atoms with Crippen molar-refractivity contribution >= 4 is 23.4 Å². The standard InChI is InChI=1S/C22H33N3O3/c1-4-8-20(26)25-14-7-9-18(16-25)22(28)23-19-12-10-17(11-13-19)15-21(27)24(5-2)6-3/h10-13,18H,4-9,14-16H2,1-3H3,(H,23,28). The van der Waals surface area contributed by atoms with Crippen molar-refractivity contribution in [1.29, 1.82) is 0 Å². The quantitative estimate of drug-likeness (QED) is 0.745. The highest BCUT2D eigenvalue weighted by Crippen LogP contribution is 2.20. The largest absolute Gasteiger partial charge is 0.343 e. The van der Waals surface area contributed by atoms with Gasteiger partial charge in [-0.3, -0.25) is 14.4 Å². The molecule has 154 valence electrons. The molecule has 1 aromatic carbocycles. The van der Waals surface area contributed by atoms with Crippen LogP contribution in [0.2, 0.25) is 0 Å². The molecule has 0 bridgehead atoms. The van der Waals surface area contributed by atoms with Crippen molar-refractivity contribution < 1.29 is 14.4 Å². The van der Waals surface area contributed by atoms with Gasteiger partial charge in [-0.1, -0.05) is 19.1 Å². The fourth-order valence-electron chi connectivity index (χ4n) is 3.60. The molecule has 6 nitrogen and oxygen atoms in total. The lowest BCUT2D eigenvalue weighted by atomic mass is 9.96. The second kappa shape index (κ2) is 10.8. The van der Waals surface area contributed by atoms with E-state index in [9.17, 15) is 14.4 Å². The Morgan fingerprint density at radius 2 is 1.79 bits per heavy atom. The molecule has 1 heterocycles. The van der Waals surface area contributed by atoms with Crippen LogP contribution in [0.4, 0.5) is 5.69 Å². The van der Waals surface area contributed by atoms with E-state index in [0.717, 1.165) is 37.1 Å². The average Bonchev–Trinajstić information content (AvgIpc) is 2.70. The number of likely N-dealkylation sites (N-methyl/N-ethyl adjacent to an activating group) is 1. The van der Waals surface area contributed by atoms with Gasteiger partial charge in [0, 0.05) is 38.3 Å². The van der Waals surface area contributed by atoms with Crippen LogP contribution in [0, 0.1) is 5.92 Å². The second-order valence-corrected chi connectivity index (χ2v) is 7.36. The van der Waals surface area contributed by atoms with Gasteiger partial charge in [0.2, 0.25) is 17.7 Å². The van der Waals surface area contributed by atoms with Gasteiger partial charge in [-0.2, -0.15) is 0 Å². The molecule has 1 saturated heterocycles. The first-order valence-electron chi connectivity index (χ1n) is 10.4. The minimum Gasteiger partial charge on any atom is -0.343 e. The zero-order valence-corrected chi connectivity index (χ0v) is 17.4. The van der Waals surface area contributed by atoms with Crippen molar-refractivity contribution in [1.82, 2.24) is 9.80 Å². The molecule has 0 spiro atoms. The molecule has 1 aromatic rings. The van der Waals surface area contributed by atoms with Gasteiger partial charge < -0.3 is 15.1 Å². The van der Waals surface area contributed by atoms with E-state index in [0.29, 0.717) is 32.5 Å². The summed E-state index contributed by atoms with van der Waals surface area (Å²) in [5, 5.41) is 2.96. The number of carbonyl (C=O) groups is 3. The molecule has 0 saturated carbocycles. The van der Waals surface area contributed by atoms with Crippen molar-refractivity contribution in [2.75, 3.05) is 31.5 Å². The molecule has 1 aliphatic rings. The van der Waals surface area contributed by atoms with Gasteiger partial charge in [-0.25, -0.2) is 0 Å². The van der Waals surface area contributed by atoms with E-state index in [1.165, 1.54) is 0 Å². The molecule has 28 heavy (non-hydrogen) atoms. The van der Waals surface area contributed by atoms with E-state index >= 15 is 0 Å². The third-order valence-corrected chi connectivity index (χ3v) is 5.30. The summed E-state index contributed by atoms with van der Waals surface area (Å²) < 4.78 is 0. The molecule has 1 unspecified atom stereocenters. The van der Waals surface area contributed by atoms with Gasteiger partial charge in [-0.05, 0) is 50.8 Å². The third-order valence-electron chi connectivity index (χ3n) is 5.30. The normalized spacial score (nSPS) is 16.5. The first kappa shape index (κ1) is 21.9. The predicted molar refractivity (Wildman–Crippen MR) is 111 cm³/mol. The number of amides is 3. The molecule has 1 atom stereocenters. The minimum atomic E-state index is -0.168. The molecule has 0 aliphatic carbocycles. The Bertz CT molecular complexity index is 668. The molecular weight excluding hydrogens is 354 g/mol. The van der Waals surface area contributed by atoms with Crippen LogP contribution in [0.5, 0.6) is 0 Å². The lowest BCUT2D eigenvalue weighted by Crippen LogP contribution is -2.43. The van der Waals surface area contributed by atoms with E-state index in [2.05, 4.69) is 5.32 Å². The molecule has 1 aliphatic heterocycles. The van der Waals surface area contributed by atoms with Crippen LogP contribution in [0.3, 0.4) is 0 Å². The Hall–Kier alpha value is -2.37. The molecular formula is C22H33N3O3. The number of nitrogens with one attached hydrogen (secondary N) is 1. The van der Waals surface area contributed by atoms with Gasteiger partial charge in [-0.15, -0.1) is 0 Å². The topological polar surface area (TPSA) is 69.7 Å². The summed E-state index contributed by atoms with van der Waals surface area (Å²) in [6.07, 6.45) is 3.41. The lowest BCUT2D eigenvalue weighted by molar-refractivity contribution is -0.134. The number of nitrogens with zero attached hydrogens (tertiary/aromatic N) is 2. The van der Waals surface area contributed by atoms with Crippen molar-refractivity contribution in [2.24, 2.45) is 5.92 Å². The van der Waals surface area contributed by atoms with E-state index in [-0.39, 0.29) is 23.6 Å². The number of hydrogen-bond donors (Lipinski definition) is 1. The molecule has 1 N–H and O–H groups in total. The number of hydrogen-bond acceptors (Lipinski definition) is 3. The second-order valence-electron chi connectivity index (χ2n) is 7.36. The number of carbonyl (C=O) groups excluding carboxylic acids is 3. The molecule has 0 aromatic heterocycles. The van der Waals surface area contributed by atoms with Crippen LogP contribution in [0.25, 0.3) is 0 Å². The smallest absolute Gasteiger partial charge is 0.229 e. The minimum absolute atomic E-state index is 0.0408. The van der Waals surface area contributed by atoms with Crippen molar-refractivity contribution in [2.45, 2.75) is 52.9 Å². The summed E-state index contributed by atoms with van der Waals surface area (Å²) in [6, 6.07) is 7.45. The van der Waals surface area contributed by atoms with E-state index in [1.807, 2.05) is 54.8 Å². The monoisotopic (exact) mass is 387 g/mol. The molecule has 0 radical (unpaired) electrons. The van der Waals surface area contributed by atoms with Gasteiger partial charge in [0.05, 0.1) is 12.3 Å². The SMILES string of the molecule is CCCC(=O)N1CCCC(C(=O)Nc2ccc(CC(=O)N(CC)CC)cc2)C1.